The van der Waals surface area contributed by atoms with Crippen molar-refractivity contribution >= 4 is 28.5 Å². The third-order valence-corrected chi connectivity index (χ3v) is 4.36. The first-order chi connectivity index (χ1) is 7.68. The van der Waals surface area contributed by atoms with Gasteiger partial charge in [-0.3, -0.25) is 9.00 Å². The van der Waals surface area contributed by atoms with Crippen LogP contribution in [0, 0.1) is 0 Å². The Balaban J connectivity index is 2.03. The Morgan fingerprint density at radius 3 is 3.06 bits per heavy atom. The number of carbonyl (C=O) groups is 1. The molecule has 2 atom stereocenters. The van der Waals surface area contributed by atoms with Gasteiger partial charge in [0, 0.05) is 59.9 Å². The highest BCUT2D eigenvalue weighted by Crippen LogP contribution is 2.09. The second-order valence-electron chi connectivity index (χ2n) is 3.91. The first-order valence-electron chi connectivity index (χ1n) is 5.56. The number of amides is 1. The van der Waals surface area contributed by atoms with E-state index in [-0.39, 0.29) is 5.91 Å². The van der Waals surface area contributed by atoms with Crippen LogP contribution in [-0.4, -0.2) is 52.8 Å². The molecule has 2 unspecified atom stereocenters. The van der Waals surface area contributed by atoms with Gasteiger partial charge in [-0.2, -0.15) is 11.8 Å². The van der Waals surface area contributed by atoms with E-state index in [1.165, 1.54) is 0 Å². The Morgan fingerprint density at radius 2 is 2.44 bits per heavy atom. The fourth-order valence-corrected chi connectivity index (χ4v) is 3.05. The summed E-state index contributed by atoms with van der Waals surface area (Å²) < 4.78 is 10.8. The van der Waals surface area contributed by atoms with Gasteiger partial charge in [-0.05, 0) is 6.42 Å². The van der Waals surface area contributed by atoms with E-state index >= 15 is 0 Å². The number of hydrogen-bond acceptors (Lipinski definition) is 4. The summed E-state index contributed by atoms with van der Waals surface area (Å²) in [6.07, 6.45) is 3.04. The van der Waals surface area contributed by atoms with Gasteiger partial charge in [-0.15, -0.1) is 0 Å². The van der Waals surface area contributed by atoms with Crippen LogP contribution in [0.25, 0.3) is 0 Å². The van der Waals surface area contributed by atoms with Crippen molar-refractivity contribution in [3.63, 3.8) is 0 Å². The summed E-state index contributed by atoms with van der Waals surface area (Å²) in [6.45, 7) is 1.63. The topological polar surface area (TPSA) is 58.2 Å². The quantitative estimate of drug-likeness (QED) is 0.661. The molecular formula is C10H20N2O2S2. The number of thioether (sulfide) groups is 1. The van der Waals surface area contributed by atoms with Gasteiger partial charge in [-0.25, -0.2) is 0 Å². The van der Waals surface area contributed by atoms with E-state index in [2.05, 4.69) is 10.6 Å². The largest absolute Gasteiger partial charge is 0.356 e. The molecule has 0 aromatic carbocycles. The molecule has 1 aliphatic rings. The molecule has 94 valence electrons. The Morgan fingerprint density at radius 1 is 1.62 bits per heavy atom. The lowest BCUT2D eigenvalue weighted by atomic mass is 10.2. The van der Waals surface area contributed by atoms with Gasteiger partial charge in [0.2, 0.25) is 5.91 Å². The summed E-state index contributed by atoms with van der Waals surface area (Å²) in [5.41, 5.74) is 0. The van der Waals surface area contributed by atoms with Crippen LogP contribution >= 0.6 is 11.8 Å². The zero-order valence-electron chi connectivity index (χ0n) is 9.66. The minimum atomic E-state index is -0.754. The van der Waals surface area contributed by atoms with Crippen molar-refractivity contribution < 1.29 is 9.00 Å². The lowest BCUT2D eigenvalue weighted by Gasteiger charge is -2.22. The Kier molecular flexibility index (Phi) is 7.07. The summed E-state index contributed by atoms with van der Waals surface area (Å²) in [4.78, 5) is 11.5. The van der Waals surface area contributed by atoms with E-state index in [4.69, 9.17) is 0 Å². The molecule has 1 aliphatic heterocycles. The van der Waals surface area contributed by atoms with Crippen molar-refractivity contribution in [1.29, 1.82) is 0 Å². The molecule has 0 bridgehead atoms. The van der Waals surface area contributed by atoms with Crippen LogP contribution in [0.2, 0.25) is 0 Å². The molecule has 0 radical (unpaired) electrons. The van der Waals surface area contributed by atoms with Gasteiger partial charge in [0.25, 0.3) is 0 Å². The summed E-state index contributed by atoms with van der Waals surface area (Å²) >= 11 is 1.89. The molecule has 0 aromatic rings. The normalized spacial score (nSPS) is 22.7. The van der Waals surface area contributed by atoms with Crippen molar-refractivity contribution in [2.24, 2.45) is 0 Å². The van der Waals surface area contributed by atoms with Crippen LogP contribution in [0.4, 0.5) is 0 Å². The third-order valence-electron chi connectivity index (χ3n) is 2.36. The third kappa shape index (κ3) is 6.50. The van der Waals surface area contributed by atoms with Crippen LogP contribution in [0.3, 0.4) is 0 Å². The van der Waals surface area contributed by atoms with E-state index in [9.17, 15) is 9.00 Å². The number of rotatable bonds is 6. The molecule has 1 heterocycles. The molecule has 0 saturated carbocycles. The van der Waals surface area contributed by atoms with E-state index in [1.54, 1.807) is 6.26 Å². The highest BCUT2D eigenvalue weighted by molar-refractivity contribution is 7.99. The maximum Gasteiger partial charge on any atom is 0.221 e. The number of nitrogens with one attached hydrogen (secondary N) is 2. The lowest BCUT2D eigenvalue weighted by Crippen LogP contribution is -2.41. The molecule has 1 saturated heterocycles. The minimum absolute atomic E-state index is 0.0990. The number of hydrogen-bond donors (Lipinski definition) is 2. The fraction of sp³-hybridized carbons (Fsp3) is 0.900. The second-order valence-corrected chi connectivity index (χ2v) is 6.62. The van der Waals surface area contributed by atoms with Gasteiger partial charge < -0.3 is 10.6 Å². The van der Waals surface area contributed by atoms with Gasteiger partial charge >= 0.3 is 0 Å². The van der Waals surface area contributed by atoms with Crippen molar-refractivity contribution in [2.75, 3.05) is 36.6 Å². The molecule has 0 spiro atoms. The summed E-state index contributed by atoms with van der Waals surface area (Å²) in [6, 6.07) is 0.319. The fourth-order valence-electron chi connectivity index (χ4n) is 1.55. The molecule has 1 fully saturated rings. The maximum atomic E-state index is 11.5. The standard InChI is InChI=1S/C10H20N2O2S2/c1-16(14)6-2-3-12-10(13)7-9-8-15-5-4-11-9/h9,11H,2-8H2,1H3,(H,12,13). The van der Waals surface area contributed by atoms with Gasteiger partial charge in [-0.1, -0.05) is 0 Å². The van der Waals surface area contributed by atoms with Gasteiger partial charge in [0.05, 0.1) is 0 Å². The van der Waals surface area contributed by atoms with Crippen molar-refractivity contribution in [1.82, 2.24) is 10.6 Å². The van der Waals surface area contributed by atoms with Crippen LogP contribution in [-0.2, 0) is 15.6 Å². The Hall–Kier alpha value is -0.0700. The van der Waals surface area contributed by atoms with Gasteiger partial charge in [0.1, 0.15) is 0 Å². The van der Waals surface area contributed by atoms with E-state index in [0.717, 1.165) is 24.5 Å². The van der Waals surface area contributed by atoms with E-state index in [0.29, 0.717) is 24.8 Å². The smallest absolute Gasteiger partial charge is 0.221 e. The average molecular weight is 264 g/mol. The highest BCUT2D eigenvalue weighted by Gasteiger charge is 2.16. The van der Waals surface area contributed by atoms with E-state index in [1.807, 2.05) is 11.8 Å². The molecular weight excluding hydrogens is 244 g/mol. The molecule has 0 aliphatic carbocycles. The lowest BCUT2D eigenvalue weighted by molar-refractivity contribution is -0.121. The predicted molar refractivity (Wildman–Crippen MR) is 70.3 cm³/mol. The molecule has 2 N–H and O–H groups in total. The SMILES string of the molecule is CS(=O)CCCNC(=O)CC1CSCCN1. The van der Waals surface area contributed by atoms with Crippen LogP contribution < -0.4 is 10.6 Å². The molecule has 16 heavy (non-hydrogen) atoms. The predicted octanol–water partition coefficient (Wildman–Crippen LogP) is -0.0337. The molecule has 4 nitrogen and oxygen atoms in total. The summed E-state index contributed by atoms with van der Waals surface area (Å²) in [5.74, 6) is 2.92. The monoisotopic (exact) mass is 264 g/mol. The summed E-state index contributed by atoms with van der Waals surface area (Å²) in [5, 5.41) is 6.19. The Bertz CT molecular complexity index is 243. The maximum absolute atomic E-state index is 11.5. The van der Waals surface area contributed by atoms with Crippen LogP contribution in [0.15, 0.2) is 0 Å². The zero-order valence-corrected chi connectivity index (χ0v) is 11.3. The molecule has 6 heteroatoms. The van der Waals surface area contributed by atoms with E-state index < -0.39 is 10.8 Å². The van der Waals surface area contributed by atoms with Crippen molar-refractivity contribution in [3.05, 3.63) is 0 Å². The van der Waals surface area contributed by atoms with Crippen LogP contribution in [0.5, 0.6) is 0 Å². The Labute approximate surface area is 104 Å². The molecule has 1 amide bonds. The van der Waals surface area contributed by atoms with Crippen LogP contribution in [0.1, 0.15) is 12.8 Å². The highest BCUT2D eigenvalue weighted by atomic mass is 32.2. The van der Waals surface area contributed by atoms with Crippen molar-refractivity contribution in [2.45, 2.75) is 18.9 Å². The van der Waals surface area contributed by atoms with Gasteiger partial charge in [0.15, 0.2) is 0 Å². The van der Waals surface area contributed by atoms with Crippen molar-refractivity contribution in [3.8, 4) is 0 Å². The first-order valence-corrected chi connectivity index (χ1v) is 8.44. The first kappa shape index (κ1) is 14.0. The number of carbonyl (C=O) groups excluding carboxylic acids is 1. The molecule has 0 aromatic heterocycles. The average Bonchev–Trinajstić information content (AvgIpc) is 2.25. The zero-order chi connectivity index (χ0) is 11.8. The summed E-state index contributed by atoms with van der Waals surface area (Å²) in [7, 11) is -0.754. The molecule has 1 rings (SSSR count). The second kappa shape index (κ2) is 8.08. The minimum Gasteiger partial charge on any atom is -0.356 e.